The molecule has 1 aromatic heterocycles. The average Bonchev–Trinajstić information content (AvgIpc) is 3.31. The van der Waals surface area contributed by atoms with E-state index in [1.54, 1.807) is 6.26 Å². The summed E-state index contributed by atoms with van der Waals surface area (Å²) in [7, 11) is 0. The van der Waals surface area contributed by atoms with Crippen LogP contribution in [0.15, 0.2) is 41.1 Å². The minimum Gasteiger partial charge on any atom is -0.364 e. The lowest BCUT2D eigenvalue weighted by Gasteiger charge is -2.32. The van der Waals surface area contributed by atoms with E-state index in [1.165, 1.54) is 0 Å². The van der Waals surface area contributed by atoms with Gasteiger partial charge >= 0.3 is 0 Å². The molecule has 2 aliphatic rings. The largest absolute Gasteiger partial charge is 0.364 e. The predicted octanol–water partition coefficient (Wildman–Crippen LogP) is 3.39. The summed E-state index contributed by atoms with van der Waals surface area (Å²) in [6, 6.07) is 9.61. The van der Waals surface area contributed by atoms with E-state index in [-0.39, 0.29) is 11.3 Å². The van der Waals surface area contributed by atoms with Gasteiger partial charge in [0.15, 0.2) is 0 Å². The lowest BCUT2D eigenvalue weighted by molar-refractivity contribution is -0.123. The number of nitrogens with zero attached hydrogens (tertiary/aromatic N) is 2. The quantitative estimate of drug-likeness (QED) is 0.843. The van der Waals surface area contributed by atoms with Crippen molar-refractivity contribution in [1.29, 1.82) is 0 Å². The van der Waals surface area contributed by atoms with E-state index >= 15 is 0 Å². The summed E-state index contributed by atoms with van der Waals surface area (Å²) < 4.78 is 4.91. The van der Waals surface area contributed by atoms with Gasteiger partial charge in [-0.25, -0.2) is 0 Å². The van der Waals surface area contributed by atoms with Gasteiger partial charge in [0.25, 0.3) is 0 Å². The van der Waals surface area contributed by atoms with Gasteiger partial charge in [0.05, 0.1) is 11.1 Å². The molecule has 2 fully saturated rings. The molecule has 1 aliphatic carbocycles. The van der Waals surface area contributed by atoms with Crippen LogP contribution in [0.4, 0.5) is 0 Å². The zero-order valence-electron chi connectivity index (χ0n) is 14.8. The van der Waals surface area contributed by atoms with Crippen molar-refractivity contribution >= 4 is 17.5 Å². The zero-order chi connectivity index (χ0) is 18.0. The first kappa shape index (κ1) is 17.6. The molecular formula is C20H24ClN3O2. The number of likely N-dealkylation sites (tertiary alicyclic amines) is 1. The second-order valence-electron chi connectivity index (χ2n) is 7.53. The minimum absolute atomic E-state index is 0.161. The highest BCUT2D eigenvalue weighted by molar-refractivity contribution is 6.30. The number of benzene rings is 1. The van der Waals surface area contributed by atoms with Crippen molar-refractivity contribution in [2.45, 2.75) is 37.6 Å². The molecule has 0 radical (unpaired) electrons. The van der Waals surface area contributed by atoms with E-state index < -0.39 is 0 Å². The van der Waals surface area contributed by atoms with Crippen LogP contribution in [0, 0.1) is 5.92 Å². The molecule has 1 saturated heterocycles. The number of carbonyl (C=O) groups is 1. The van der Waals surface area contributed by atoms with Crippen molar-refractivity contribution in [3.05, 3.63) is 52.9 Å². The first-order valence-corrected chi connectivity index (χ1v) is 9.69. The Morgan fingerprint density at radius 3 is 2.81 bits per heavy atom. The normalized spacial score (nSPS) is 22.1. The summed E-state index contributed by atoms with van der Waals surface area (Å²) in [5, 5.41) is 7.92. The third-order valence-electron chi connectivity index (χ3n) is 5.61. The summed E-state index contributed by atoms with van der Waals surface area (Å²) in [5.74, 6) is 0.647. The molecule has 1 saturated carbocycles. The Hall–Kier alpha value is -1.85. The molecule has 6 heteroatoms. The molecule has 1 atom stereocenters. The molecule has 2 aromatic rings. The SMILES string of the molecule is O=C(NCC1CCCN(Cc2ccon2)C1)C1(c2ccc(Cl)cc2)CC1. The van der Waals surface area contributed by atoms with Gasteiger partial charge in [-0.1, -0.05) is 28.9 Å². The Balaban J connectivity index is 1.30. The van der Waals surface area contributed by atoms with E-state index in [2.05, 4.69) is 15.4 Å². The number of hydrogen-bond acceptors (Lipinski definition) is 4. The fourth-order valence-corrected chi connectivity index (χ4v) is 4.08. The number of carbonyl (C=O) groups excluding carboxylic acids is 1. The van der Waals surface area contributed by atoms with Crippen molar-refractivity contribution in [2.24, 2.45) is 5.92 Å². The van der Waals surface area contributed by atoms with Crippen molar-refractivity contribution in [2.75, 3.05) is 19.6 Å². The molecule has 1 N–H and O–H groups in total. The fraction of sp³-hybridized carbons (Fsp3) is 0.500. The molecule has 1 aliphatic heterocycles. The zero-order valence-corrected chi connectivity index (χ0v) is 15.5. The highest BCUT2D eigenvalue weighted by Gasteiger charge is 2.51. The van der Waals surface area contributed by atoms with Crippen LogP contribution in [-0.2, 0) is 16.8 Å². The summed E-state index contributed by atoms with van der Waals surface area (Å²) in [6.45, 7) is 3.62. The predicted molar refractivity (Wildman–Crippen MR) is 99.9 cm³/mol. The summed E-state index contributed by atoms with van der Waals surface area (Å²) in [4.78, 5) is 15.2. The first-order valence-electron chi connectivity index (χ1n) is 9.32. The molecule has 1 aromatic carbocycles. The Kier molecular flexibility index (Phi) is 5.00. The van der Waals surface area contributed by atoms with Gasteiger partial charge in [0.2, 0.25) is 5.91 Å². The Bertz CT molecular complexity index is 741. The van der Waals surface area contributed by atoms with Crippen LogP contribution >= 0.6 is 11.6 Å². The number of rotatable bonds is 6. The van der Waals surface area contributed by atoms with E-state index in [4.69, 9.17) is 16.1 Å². The molecule has 1 amide bonds. The highest BCUT2D eigenvalue weighted by atomic mass is 35.5. The van der Waals surface area contributed by atoms with Crippen LogP contribution in [0.1, 0.15) is 36.9 Å². The average molecular weight is 374 g/mol. The maximum absolute atomic E-state index is 12.8. The summed E-state index contributed by atoms with van der Waals surface area (Å²) in [5.41, 5.74) is 1.71. The summed E-state index contributed by atoms with van der Waals surface area (Å²) >= 11 is 5.97. The van der Waals surface area contributed by atoms with Gasteiger partial charge in [-0.15, -0.1) is 0 Å². The maximum Gasteiger partial charge on any atom is 0.230 e. The van der Waals surface area contributed by atoms with Gasteiger partial charge in [0, 0.05) is 30.7 Å². The third kappa shape index (κ3) is 3.79. The monoisotopic (exact) mass is 373 g/mol. The number of aromatic nitrogens is 1. The number of amides is 1. The minimum atomic E-state index is -0.334. The topological polar surface area (TPSA) is 58.4 Å². The number of hydrogen-bond donors (Lipinski definition) is 1. The van der Waals surface area contributed by atoms with Crippen LogP contribution in [-0.4, -0.2) is 35.6 Å². The smallest absolute Gasteiger partial charge is 0.230 e. The van der Waals surface area contributed by atoms with E-state index in [1.807, 2.05) is 30.3 Å². The Morgan fingerprint density at radius 2 is 2.12 bits per heavy atom. The van der Waals surface area contributed by atoms with Gasteiger partial charge < -0.3 is 9.84 Å². The molecule has 0 spiro atoms. The second kappa shape index (κ2) is 7.41. The van der Waals surface area contributed by atoms with E-state index in [9.17, 15) is 4.79 Å². The van der Waals surface area contributed by atoms with Gasteiger partial charge in [-0.3, -0.25) is 9.69 Å². The second-order valence-corrected chi connectivity index (χ2v) is 7.97. The number of halogens is 1. The molecule has 5 nitrogen and oxygen atoms in total. The van der Waals surface area contributed by atoms with Crippen LogP contribution in [0.3, 0.4) is 0 Å². The fourth-order valence-electron chi connectivity index (χ4n) is 3.96. The highest BCUT2D eigenvalue weighted by Crippen LogP contribution is 2.48. The van der Waals surface area contributed by atoms with Gasteiger partial charge in [-0.2, -0.15) is 0 Å². The summed E-state index contributed by atoms with van der Waals surface area (Å²) in [6.07, 6.45) is 5.76. The van der Waals surface area contributed by atoms with Crippen LogP contribution in [0.2, 0.25) is 5.02 Å². The molecule has 26 heavy (non-hydrogen) atoms. The van der Waals surface area contributed by atoms with E-state index in [0.717, 1.165) is 63.1 Å². The van der Waals surface area contributed by atoms with Crippen LogP contribution < -0.4 is 5.32 Å². The Labute approximate surface area is 158 Å². The number of nitrogens with one attached hydrogen (secondary N) is 1. The Morgan fingerprint density at radius 1 is 1.31 bits per heavy atom. The molecule has 138 valence electrons. The van der Waals surface area contributed by atoms with E-state index in [0.29, 0.717) is 10.9 Å². The van der Waals surface area contributed by atoms with Crippen molar-refractivity contribution in [1.82, 2.24) is 15.4 Å². The lowest BCUT2D eigenvalue weighted by Crippen LogP contribution is -2.43. The maximum atomic E-state index is 12.8. The van der Waals surface area contributed by atoms with Crippen LogP contribution in [0.5, 0.6) is 0 Å². The molecular weight excluding hydrogens is 350 g/mol. The molecule has 4 rings (SSSR count). The molecule has 2 heterocycles. The van der Waals surface area contributed by atoms with Crippen molar-refractivity contribution in [3.63, 3.8) is 0 Å². The lowest BCUT2D eigenvalue weighted by atomic mass is 9.93. The van der Waals surface area contributed by atoms with Crippen molar-refractivity contribution < 1.29 is 9.32 Å². The first-order chi connectivity index (χ1) is 12.7. The van der Waals surface area contributed by atoms with Crippen LogP contribution in [0.25, 0.3) is 0 Å². The molecule has 1 unspecified atom stereocenters. The number of piperidine rings is 1. The van der Waals surface area contributed by atoms with Crippen molar-refractivity contribution in [3.8, 4) is 0 Å². The van der Waals surface area contributed by atoms with Gasteiger partial charge in [0.1, 0.15) is 6.26 Å². The standard InChI is InChI=1S/C20H24ClN3O2/c21-17-5-3-16(4-6-17)20(8-9-20)19(25)22-12-15-2-1-10-24(13-15)14-18-7-11-26-23-18/h3-7,11,15H,1-2,8-10,12-14H2,(H,22,25). The third-order valence-corrected chi connectivity index (χ3v) is 5.86. The van der Waals surface area contributed by atoms with Gasteiger partial charge in [-0.05, 0) is 55.8 Å². The molecule has 0 bridgehead atoms.